The van der Waals surface area contributed by atoms with Gasteiger partial charge in [-0.25, -0.2) is 0 Å². The molecule has 4 saturated carbocycles. The zero-order valence-corrected chi connectivity index (χ0v) is 22.6. The SMILES string of the molecule is CC(C)C1=C2[C@H]3CC[C@@H]4[C@@]5(C)CC[C@](N)(O)C(C)(C)[C@@H]5CC[C@@]4(C)[C@]3(C)CC[C@@]2(C)CC1=O. The third-order valence-corrected chi connectivity index (χ3v) is 13.1. The molecule has 3 nitrogen and oxygen atoms in total. The summed E-state index contributed by atoms with van der Waals surface area (Å²) in [6.45, 7) is 19.1. The highest BCUT2D eigenvalue weighted by Gasteiger charge is 2.70. The Morgan fingerprint density at radius 2 is 1.52 bits per heavy atom. The van der Waals surface area contributed by atoms with Crippen LogP contribution in [0.4, 0.5) is 0 Å². The zero-order valence-electron chi connectivity index (χ0n) is 22.6. The third-order valence-electron chi connectivity index (χ3n) is 13.1. The van der Waals surface area contributed by atoms with Gasteiger partial charge < -0.3 is 10.8 Å². The minimum atomic E-state index is -1.07. The summed E-state index contributed by atoms with van der Waals surface area (Å²) in [7, 11) is 0. The molecular formula is C30H49NO2. The van der Waals surface area contributed by atoms with E-state index in [9.17, 15) is 9.90 Å². The summed E-state index contributed by atoms with van der Waals surface area (Å²) in [5.74, 6) is 2.43. The van der Waals surface area contributed by atoms with Crippen LogP contribution in [-0.2, 0) is 4.79 Å². The molecule has 3 N–H and O–H groups in total. The zero-order chi connectivity index (χ0) is 24.4. The van der Waals surface area contributed by atoms with Crippen molar-refractivity contribution in [3.05, 3.63) is 11.1 Å². The molecule has 5 aliphatic rings. The van der Waals surface area contributed by atoms with E-state index in [0.717, 1.165) is 25.7 Å². The van der Waals surface area contributed by atoms with Gasteiger partial charge in [0, 0.05) is 11.8 Å². The average molecular weight is 456 g/mol. The molecule has 0 radical (unpaired) electrons. The average Bonchev–Trinajstić information content (AvgIpc) is 2.97. The van der Waals surface area contributed by atoms with Gasteiger partial charge in [-0.05, 0) is 102 Å². The van der Waals surface area contributed by atoms with Crippen LogP contribution in [0.15, 0.2) is 11.1 Å². The van der Waals surface area contributed by atoms with Crippen molar-refractivity contribution in [3.63, 3.8) is 0 Å². The van der Waals surface area contributed by atoms with Crippen molar-refractivity contribution in [3.8, 4) is 0 Å². The topological polar surface area (TPSA) is 63.3 Å². The maximum atomic E-state index is 13.2. The Morgan fingerprint density at radius 1 is 0.848 bits per heavy atom. The van der Waals surface area contributed by atoms with E-state index in [1.54, 1.807) is 5.57 Å². The lowest BCUT2D eigenvalue weighted by molar-refractivity contribution is -0.250. The molecule has 33 heavy (non-hydrogen) atoms. The molecule has 0 unspecified atom stereocenters. The molecule has 0 bridgehead atoms. The highest BCUT2D eigenvalue weighted by Crippen LogP contribution is 2.76. The van der Waals surface area contributed by atoms with Crippen molar-refractivity contribution in [1.29, 1.82) is 0 Å². The number of hydrogen-bond acceptors (Lipinski definition) is 3. The van der Waals surface area contributed by atoms with Gasteiger partial charge in [-0.2, -0.15) is 0 Å². The molecule has 186 valence electrons. The van der Waals surface area contributed by atoms with Crippen molar-refractivity contribution in [2.24, 2.45) is 56.5 Å². The molecule has 0 aromatic rings. The maximum Gasteiger partial charge on any atom is 0.159 e. The molecule has 0 spiro atoms. The van der Waals surface area contributed by atoms with Crippen LogP contribution in [0, 0.1) is 50.7 Å². The van der Waals surface area contributed by atoms with Gasteiger partial charge in [-0.1, -0.05) is 61.0 Å². The van der Waals surface area contributed by atoms with Crippen molar-refractivity contribution in [2.45, 2.75) is 119 Å². The van der Waals surface area contributed by atoms with Crippen LogP contribution in [0.3, 0.4) is 0 Å². The molecule has 3 heteroatoms. The number of carbonyl (C=O) groups excluding carboxylic acids is 1. The number of rotatable bonds is 1. The standard InChI is InChI=1S/C30H49NO2/c1-18(2)23-20(32)17-26(5)13-15-28(7)19(24(23)26)9-10-22-27(6)14-16-30(31,33)25(3,4)21(27)11-12-29(22,28)8/h18-19,21-22,33H,9-17,31H2,1-8H3/t19-,21+,22-,26+,27+,28-,29-,30+/m1/s1. The molecule has 0 aromatic carbocycles. The van der Waals surface area contributed by atoms with Gasteiger partial charge in [0.15, 0.2) is 5.78 Å². The molecule has 4 fully saturated rings. The van der Waals surface area contributed by atoms with Crippen LogP contribution in [0.5, 0.6) is 0 Å². The first kappa shape index (κ1) is 24.0. The largest absolute Gasteiger partial charge is 0.376 e. The van der Waals surface area contributed by atoms with Crippen LogP contribution in [0.2, 0.25) is 0 Å². The first-order valence-electron chi connectivity index (χ1n) is 13.8. The Hall–Kier alpha value is -0.670. The Kier molecular flexibility index (Phi) is 4.92. The molecular weight excluding hydrogens is 406 g/mol. The minimum absolute atomic E-state index is 0.0913. The third kappa shape index (κ3) is 2.73. The van der Waals surface area contributed by atoms with E-state index >= 15 is 0 Å². The Morgan fingerprint density at radius 3 is 2.15 bits per heavy atom. The van der Waals surface area contributed by atoms with E-state index in [4.69, 9.17) is 5.73 Å². The molecule has 5 aliphatic carbocycles. The van der Waals surface area contributed by atoms with Crippen LogP contribution in [-0.4, -0.2) is 16.6 Å². The number of Topliss-reactive ketones (excluding diaryl/α,β-unsaturated/α-hetero) is 1. The molecule has 8 atom stereocenters. The van der Waals surface area contributed by atoms with Gasteiger partial charge in [0.05, 0.1) is 0 Å². The van der Waals surface area contributed by atoms with Crippen LogP contribution in [0.1, 0.15) is 113 Å². The number of fused-ring (bicyclic) bond motifs is 7. The molecule has 0 heterocycles. The molecule has 0 saturated heterocycles. The van der Waals surface area contributed by atoms with Gasteiger partial charge in [0.25, 0.3) is 0 Å². The van der Waals surface area contributed by atoms with Gasteiger partial charge in [0.1, 0.15) is 5.72 Å². The van der Waals surface area contributed by atoms with Crippen molar-refractivity contribution < 1.29 is 9.90 Å². The summed E-state index contributed by atoms with van der Waals surface area (Å²) < 4.78 is 0. The fraction of sp³-hybridized carbons (Fsp3) is 0.900. The second-order valence-corrected chi connectivity index (χ2v) is 14.9. The van der Waals surface area contributed by atoms with Crippen molar-refractivity contribution in [2.75, 3.05) is 0 Å². The Bertz CT molecular complexity index is 914. The number of allylic oxidation sites excluding steroid dienone is 2. The summed E-state index contributed by atoms with van der Waals surface area (Å²) >= 11 is 0. The highest BCUT2D eigenvalue weighted by atomic mass is 16.3. The number of ketones is 1. The minimum Gasteiger partial charge on any atom is -0.376 e. The van der Waals surface area contributed by atoms with E-state index in [0.29, 0.717) is 35.9 Å². The fourth-order valence-corrected chi connectivity index (χ4v) is 10.9. The fourth-order valence-electron chi connectivity index (χ4n) is 10.9. The predicted octanol–water partition coefficient (Wildman–Crippen LogP) is 6.63. The normalized spacial score (nSPS) is 53.4. The second-order valence-electron chi connectivity index (χ2n) is 14.9. The number of nitrogens with two attached hydrogens (primary N) is 1. The highest BCUT2D eigenvalue weighted by molar-refractivity contribution is 6.00. The summed E-state index contributed by atoms with van der Waals surface area (Å²) in [6, 6.07) is 0. The maximum absolute atomic E-state index is 13.2. The quantitative estimate of drug-likeness (QED) is 0.436. The van der Waals surface area contributed by atoms with Crippen LogP contribution < -0.4 is 5.73 Å². The lowest BCUT2D eigenvalue weighted by Gasteiger charge is -2.72. The number of hydrogen-bond donors (Lipinski definition) is 2. The Balaban J connectivity index is 1.60. The molecule has 0 aromatic heterocycles. The summed E-state index contributed by atoms with van der Waals surface area (Å²) in [4.78, 5) is 13.2. The van der Waals surface area contributed by atoms with E-state index in [2.05, 4.69) is 55.4 Å². The number of carbonyl (C=O) groups is 1. The summed E-state index contributed by atoms with van der Waals surface area (Å²) in [5.41, 5.74) is 8.75. The van der Waals surface area contributed by atoms with Gasteiger partial charge >= 0.3 is 0 Å². The molecule has 0 amide bonds. The lowest BCUT2D eigenvalue weighted by Crippen LogP contribution is -2.69. The molecule has 5 rings (SSSR count). The first-order chi connectivity index (χ1) is 15.1. The predicted molar refractivity (Wildman–Crippen MR) is 134 cm³/mol. The first-order valence-corrected chi connectivity index (χ1v) is 13.8. The van der Waals surface area contributed by atoms with Crippen LogP contribution >= 0.6 is 0 Å². The van der Waals surface area contributed by atoms with E-state index in [-0.39, 0.29) is 27.1 Å². The summed E-state index contributed by atoms with van der Waals surface area (Å²) in [5, 5.41) is 11.1. The van der Waals surface area contributed by atoms with Crippen molar-refractivity contribution >= 4 is 5.78 Å². The van der Waals surface area contributed by atoms with Gasteiger partial charge in [0.2, 0.25) is 0 Å². The second kappa shape index (κ2) is 6.75. The molecule has 0 aliphatic heterocycles. The monoisotopic (exact) mass is 455 g/mol. The van der Waals surface area contributed by atoms with Gasteiger partial charge in [-0.15, -0.1) is 0 Å². The lowest BCUT2D eigenvalue weighted by atomic mass is 9.32. The Labute approximate surface area is 202 Å². The van der Waals surface area contributed by atoms with E-state index in [1.807, 2.05) is 0 Å². The van der Waals surface area contributed by atoms with E-state index in [1.165, 1.54) is 31.3 Å². The smallest absolute Gasteiger partial charge is 0.159 e. The number of aliphatic hydroxyl groups is 1. The van der Waals surface area contributed by atoms with Gasteiger partial charge in [-0.3, -0.25) is 4.79 Å². The van der Waals surface area contributed by atoms with Crippen LogP contribution in [0.25, 0.3) is 0 Å². The van der Waals surface area contributed by atoms with E-state index < -0.39 is 5.72 Å². The van der Waals surface area contributed by atoms with Crippen molar-refractivity contribution in [1.82, 2.24) is 0 Å². The summed E-state index contributed by atoms with van der Waals surface area (Å²) in [6.07, 6.45) is 9.74.